The van der Waals surface area contributed by atoms with Crippen molar-refractivity contribution in [2.24, 2.45) is 0 Å². The molecule has 2 aromatic rings. The first kappa shape index (κ1) is 16.0. The topological polar surface area (TPSA) is 81.4 Å². The van der Waals surface area contributed by atoms with E-state index in [9.17, 15) is 14.0 Å². The van der Waals surface area contributed by atoms with Gasteiger partial charge in [0.15, 0.2) is 6.61 Å². The number of benzene rings is 2. The van der Waals surface area contributed by atoms with Gasteiger partial charge < -0.3 is 15.8 Å². The number of esters is 1. The largest absolute Gasteiger partial charge is 0.452 e. The molecule has 114 valence electrons. The second-order valence-electron chi connectivity index (χ2n) is 4.36. The van der Waals surface area contributed by atoms with Crippen LogP contribution in [-0.4, -0.2) is 18.5 Å². The van der Waals surface area contributed by atoms with Crippen molar-refractivity contribution in [3.05, 3.63) is 58.3 Å². The SMILES string of the molecule is Nc1ccc(Br)cc1C(=O)OCC(=O)Nc1ccc(F)cc1. The third-order valence-electron chi connectivity index (χ3n) is 2.70. The number of ether oxygens (including phenoxy) is 1. The van der Waals surface area contributed by atoms with E-state index in [2.05, 4.69) is 21.2 Å². The summed E-state index contributed by atoms with van der Waals surface area (Å²) in [5, 5.41) is 2.48. The Bertz CT molecular complexity index is 704. The molecule has 0 bridgehead atoms. The zero-order valence-electron chi connectivity index (χ0n) is 11.3. The molecule has 0 heterocycles. The molecule has 0 spiro atoms. The van der Waals surface area contributed by atoms with Crippen LogP contribution < -0.4 is 11.1 Å². The van der Waals surface area contributed by atoms with E-state index < -0.39 is 24.3 Å². The van der Waals surface area contributed by atoms with Gasteiger partial charge in [0.1, 0.15) is 5.82 Å². The molecule has 0 fully saturated rings. The molecule has 0 radical (unpaired) electrons. The summed E-state index contributed by atoms with van der Waals surface area (Å²) in [7, 11) is 0. The maximum Gasteiger partial charge on any atom is 0.340 e. The predicted octanol–water partition coefficient (Wildman–Crippen LogP) is 2.97. The van der Waals surface area contributed by atoms with Crippen LogP contribution in [-0.2, 0) is 9.53 Å². The number of rotatable bonds is 4. The summed E-state index contributed by atoms with van der Waals surface area (Å²) in [5.41, 5.74) is 6.51. The lowest BCUT2D eigenvalue weighted by atomic mass is 10.2. The lowest BCUT2D eigenvalue weighted by Crippen LogP contribution is -2.21. The molecule has 3 N–H and O–H groups in total. The normalized spacial score (nSPS) is 10.1. The van der Waals surface area contributed by atoms with Gasteiger partial charge in [-0.2, -0.15) is 0 Å². The van der Waals surface area contributed by atoms with Gasteiger partial charge in [0.05, 0.1) is 5.56 Å². The van der Waals surface area contributed by atoms with Crippen molar-refractivity contribution in [1.82, 2.24) is 0 Å². The van der Waals surface area contributed by atoms with Crippen LogP contribution >= 0.6 is 15.9 Å². The highest BCUT2D eigenvalue weighted by atomic mass is 79.9. The minimum absolute atomic E-state index is 0.170. The highest BCUT2D eigenvalue weighted by Crippen LogP contribution is 2.19. The summed E-state index contributed by atoms with van der Waals surface area (Å²) >= 11 is 3.22. The summed E-state index contributed by atoms with van der Waals surface area (Å²) in [6.45, 7) is -0.470. The van der Waals surface area contributed by atoms with Gasteiger partial charge in [0.25, 0.3) is 5.91 Å². The van der Waals surface area contributed by atoms with Gasteiger partial charge in [-0.1, -0.05) is 15.9 Å². The Hall–Kier alpha value is -2.41. The predicted molar refractivity (Wildman–Crippen MR) is 83.9 cm³/mol. The number of hydrogen-bond donors (Lipinski definition) is 2. The first-order valence-electron chi connectivity index (χ1n) is 6.23. The van der Waals surface area contributed by atoms with Gasteiger partial charge in [0, 0.05) is 15.8 Å². The molecule has 1 amide bonds. The van der Waals surface area contributed by atoms with Crippen molar-refractivity contribution in [3.63, 3.8) is 0 Å². The Morgan fingerprint density at radius 1 is 1.18 bits per heavy atom. The Balaban J connectivity index is 1.91. The Morgan fingerprint density at radius 2 is 1.86 bits per heavy atom. The van der Waals surface area contributed by atoms with E-state index in [1.165, 1.54) is 30.3 Å². The third-order valence-corrected chi connectivity index (χ3v) is 3.19. The zero-order chi connectivity index (χ0) is 16.1. The molecule has 5 nitrogen and oxygen atoms in total. The second-order valence-corrected chi connectivity index (χ2v) is 5.28. The molecule has 0 aliphatic carbocycles. The van der Waals surface area contributed by atoms with Crippen LogP contribution in [0.4, 0.5) is 15.8 Å². The second kappa shape index (κ2) is 7.04. The van der Waals surface area contributed by atoms with Crippen LogP contribution in [0.1, 0.15) is 10.4 Å². The Morgan fingerprint density at radius 3 is 2.55 bits per heavy atom. The number of anilines is 2. The number of nitrogens with one attached hydrogen (secondary N) is 1. The molecular formula is C15H12BrFN2O3. The van der Waals surface area contributed by atoms with Gasteiger partial charge in [-0.3, -0.25) is 4.79 Å². The molecule has 0 saturated heterocycles. The third kappa shape index (κ3) is 4.29. The number of carbonyl (C=O) groups is 2. The Labute approximate surface area is 134 Å². The van der Waals surface area contributed by atoms with Crippen LogP contribution in [0.3, 0.4) is 0 Å². The maximum atomic E-state index is 12.7. The first-order valence-corrected chi connectivity index (χ1v) is 7.02. The fraction of sp³-hybridized carbons (Fsp3) is 0.0667. The van der Waals surface area contributed by atoms with Gasteiger partial charge >= 0.3 is 5.97 Å². The molecule has 0 aliphatic rings. The van der Waals surface area contributed by atoms with Crippen molar-refractivity contribution in [1.29, 1.82) is 0 Å². The average Bonchev–Trinajstić information content (AvgIpc) is 2.49. The van der Waals surface area contributed by atoms with E-state index in [1.807, 2.05) is 0 Å². The highest BCUT2D eigenvalue weighted by Gasteiger charge is 2.14. The van der Waals surface area contributed by atoms with E-state index in [1.54, 1.807) is 12.1 Å². The number of nitrogen functional groups attached to an aromatic ring is 1. The summed E-state index contributed by atoms with van der Waals surface area (Å²) in [4.78, 5) is 23.5. The van der Waals surface area contributed by atoms with E-state index in [0.717, 1.165) is 0 Å². The molecule has 22 heavy (non-hydrogen) atoms. The number of carbonyl (C=O) groups excluding carboxylic acids is 2. The zero-order valence-corrected chi connectivity index (χ0v) is 12.9. The van der Waals surface area contributed by atoms with Crippen molar-refractivity contribution >= 4 is 39.2 Å². The van der Waals surface area contributed by atoms with Gasteiger partial charge in [0.2, 0.25) is 0 Å². The number of amides is 1. The molecule has 0 aliphatic heterocycles. The number of halogens is 2. The van der Waals surface area contributed by atoms with Gasteiger partial charge in [-0.15, -0.1) is 0 Å². The molecule has 2 rings (SSSR count). The van der Waals surface area contributed by atoms with E-state index in [-0.39, 0.29) is 11.3 Å². The minimum atomic E-state index is -0.701. The van der Waals surface area contributed by atoms with Crippen molar-refractivity contribution in [3.8, 4) is 0 Å². The summed E-state index contributed by atoms with van der Waals surface area (Å²) in [5.74, 6) is -1.64. The van der Waals surface area contributed by atoms with Crippen LogP contribution in [0.2, 0.25) is 0 Å². The molecule has 7 heteroatoms. The van der Waals surface area contributed by atoms with Crippen molar-refractivity contribution in [2.45, 2.75) is 0 Å². The van der Waals surface area contributed by atoms with E-state index >= 15 is 0 Å². The van der Waals surface area contributed by atoms with Crippen molar-refractivity contribution < 1.29 is 18.7 Å². The molecule has 0 saturated carbocycles. The lowest BCUT2D eigenvalue weighted by Gasteiger charge is -2.08. The average molecular weight is 367 g/mol. The van der Waals surface area contributed by atoms with E-state index in [4.69, 9.17) is 10.5 Å². The summed E-state index contributed by atoms with van der Waals surface area (Å²) < 4.78 is 18.3. The lowest BCUT2D eigenvalue weighted by molar-refractivity contribution is -0.119. The van der Waals surface area contributed by atoms with Crippen LogP contribution in [0, 0.1) is 5.82 Å². The summed E-state index contributed by atoms with van der Waals surface area (Å²) in [6.07, 6.45) is 0. The standard InChI is InChI=1S/C15H12BrFN2O3/c16-9-1-6-13(18)12(7-9)15(21)22-8-14(20)19-11-4-2-10(17)3-5-11/h1-7H,8,18H2,(H,19,20). The van der Waals surface area contributed by atoms with E-state index in [0.29, 0.717) is 10.2 Å². The van der Waals surface area contributed by atoms with Gasteiger partial charge in [-0.25, -0.2) is 9.18 Å². The molecule has 0 atom stereocenters. The number of nitrogens with two attached hydrogens (primary N) is 1. The van der Waals surface area contributed by atoms with Crippen molar-refractivity contribution in [2.75, 3.05) is 17.7 Å². The smallest absolute Gasteiger partial charge is 0.340 e. The van der Waals surface area contributed by atoms with Crippen LogP contribution in [0.5, 0.6) is 0 Å². The fourth-order valence-electron chi connectivity index (χ4n) is 1.64. The molecule has 0 aromatic heterocycles. The number of hydrogen-bond acceptors (Lipinski definition) is 4. The highest BCUT2D eigenvalue weighted by molar-refractivity contribution is 9.10. The first-order chi connectivity index (χ1) is 10.5. The molecular weight excluding hydrogens is 355 g/mol. The quantitative estimate of drug-likeness (QED) is 0.643. The summed E-state index contributed by atoms with van der Waals surface area (Å²) in [6, 6.07) is 9.98. The van der Waals surface area contributed by atoms with Crippen LogP contribution in [0.25, 0.3) is 0 Å². The minimum Gasteiger partial charge on any atom is -0.452 e. The van der Waals surface area contributed by atoms with Crippen LogP contribution in [0.15, 0.2) is 46.9 Å². The Kier molecular flexibility index (Phi) is 5.11. The fourth-order valence-corrected chi connectivity index (χ4v) is 2.01. The molecule has 0 unspecified atom stereocenters. The maximum absolute atomic E-state index is 12.7. The molecule has 2 aromatic carbocycles. The van der Waals surface area contributed by atoms with Gasteiger partial charge in [-0.05, 0) is 42.5 Å². The monoisotopic (exact) mass is 366 g/mol.